The lowest BCUT2D eigenvalue weighted by atomic mass is 10.1. The molecule has 0 unspecified atom stereocenters. The number of carbonyl (C=O) groups is 1. The summed E-state index contributed by atoms with van der Waals surface area (Å²) in [5.41, 5.74) is 1.99. The Morgan fingerprint density at radius 1 is 1.07 bits per heavy atom. The molecule has 1 amide bonds. The molecule has 0 radical (unpaired) electrons. The SMILES string of the molecule is Cc1ccc(N(C)S(=O)(=O)c2cccc(C(=O)NCCCN3CCCCC3)c2)cc1. The van der Waals surface area contributed by atoms with E-state index < -0.39 is 10.0 Å². The Labute approximate surface area is 179 Å². The van der Waals surface area contributed by atoms with Crippen molar-refractivity contribution in [2.75, 3.05) is 37.5 Å². The first kappa shape index (κ1) is 22.3. The van der Waals surface area contributed by atoms with Crippen LogP contribution >= 0.6 is 0 Å². The van der Waals surface area contributed by atoms with Gasteiger partial charge in [0, 0.05) is 19.2 Å². The summed E-state index contributed by atoms with van der Waals surface area (Å²) in [4.78, 5) is 15.1. The van der Waals surface area contributed by atoms with Crippen molar-refractivity contribution in [2.24, 2.45) is 0 Å². The first-order chi connectivity index (χ1) is 14.4. The molecule has 1 fully saturated rings. The highest BCUT2D eigenvalue weighted by Crippen LogP contribution is 2.23. The molecule has 6 nitrogen and oxygen atoms in total. The molecule has 2 aromatic carbocycles. The summed E-state index contributed by atoms with van der Waals surface area (Å²) >= 11 is 0. The lowest BCUT2D eigenvalue weighted by Gasteiger charge is -2.26. The Morgan fingerprint density at radius 3 is 2.47 bits per heavy atom. The van der Waals surface area contributed by atoms with Crippen molar-refractivity contribution in [1.82, 2.24) is 10.2 Å². The molecule has 3 rings (SSSR count). The molecule has 162 valence electrons. The van der Waals surface area contributed by atoms with Crippen LogP contribution in [0.2, 0.25) is 0 Å². The van der Waals surface area contributed by atoms with E-state index in [2.05, 4.69) is 10.2 Å². The lowest BCUT2D eigenvalue weighted by Crippen LogP contribution is -2.33. The van der Waals surface area contributed by atoms with Crippen molar-refractivity contribution in [3.63, 3.8) is 0 Å². The van der Waals surface area contributed by atoms with Crippen molar-refractivity contribution < 1.29 is 13.2 Å². The Morgan fingerprint density at radius 2 is 1.77 bits per heavy atom. The van der Waals surface area contributed by atoms with Gasteiger partial charge in [-0.15, -0.1) is 0 Å². The van der Waals surface area contributed by atoms with Crippen LogP contribution in [0.4, 0.5) is 5.69 Å². The summed E-state index contributed by atoms with van der Waals surface area (Å²) in [6.07, 6.45) is 4.71. The van der Waals surface area contributed by atoms with Crippen molar-refractivity contribution in [1.29, 1.82) is 0 Å². The number of likely N-dealkylation sites (tertiary alicyclic amines) is 1. The summed E-state index contributed by atoms with van der Waals surface area (Å²) in [5.74, 6) is -0.247. The molecule has 0 aromatic heterocycles. The third kappa shape index (κ3) is 5.61. The quantitative estimate of drug-likeness (QED) is 0.653. The van der Waals surface area contributed by atoms with Gasteiger partial charge in [-0.2, -0.15) is 0 Å². The van der Waals surface area contributed by atoms with Gasteiger partial charge in [0.25, 0.3) is 15.9 Å². The van der Waals surface area contributed by atoms with Crippen LogP contribution in [0.3, 0.4) is 0 Å². The van der Waals surface area contributed by atoms with Crippen molar-refractivity contribution in [2.45, 2.75) is 37.5 Å². The Kier molecular flexibility index (Phi) is 7.50. The Balaban J connectivity index is 1.61. The Bertz CT molecular complexity index is 952. The molecule has 1 aliphatic rings. The fourth-order valence-corrected chi connectivity index (χ4v) is 4.88. The molecule has 1 aliphatic heterocycles. The molecule has 0 aliphatic carbocycles. The number of piperidine rings is 1. The molecule has 0 atom stereocenters. The van der Waals surface area contributed by atoms with Crippen LogP contribution in [0, 0.1) is 6.92 Å². The van der Waals surface area contributed by atoms with Gasteiger partial charge in [-0.1, -0.05) is 30.2 Å². The fourth-order valence-electron chi connectivity index (χ4n) is 3.64. The van der Waals surface area contributed by atoms with Gasteiger partial charge in [0.2, 0.25) is 0 Å². The number of hydrogen-bond acceptors (Lipinski definition) is 4. The molecule has 1 N–H and O–H groups in total. The topological polar surface area (TPSA) is 69.7 Å². The van der Waals surface area contributed by atoms with E-state index in [9.17, 15) is 13.2 Å². The minimum absolute atomic E-state index is 0.103. The van der Waals surface area contributed by atoms with Gasteiger partial charge in [0.05, 0.1) is 10.6 Å². The van der Waals surface area contributed by atoms with E-state index in [-0.39, 0.29) is 10.8 Å². The zero-order chi connectivity index (χ0) is 21.6. The number of nitrogens with zero attached hydrogens (tertiary/aromatic N) is 2. The first-order valence-electron chi connectivity index (χ1n) is 10.5. The van der Waals surface area contributed by atoms with E-state index in [0.29, 0.717) is 17.8 Å². The Hall–Kier alpha value is -2.38. The maximum Gasteiger partial charge on any atom is 0.264 e. The summed E-state index contributed by atoms with van der Waals surface area (Å²) < 4.78 is 27.3. The zero-order valence-corrected chi connectivity index (χ0v) is 18.6. The molecule has 0 bridgehead atoms. The van der Waals surface area contributed by atoms with Gasteiger partial charge < -0.3 is 10.2 Å². The maximum atomic E-state index is 13.0. The molecule has 1 heterocycles. The van der Waals surface area contributed by atoms with E-state index in [4.69, 9.17) is 0 Å². The number of sulfonamides is 1. The average molecular weight is 430 g/mol. The number of benzene rings is 2. The second kappa shape index (κ2) is 10.1. The average Bonchev–Trinajstić information content (AvgIpc) is 2.77. The van der Waals surface area contributed by atoms with E-state index in [1.807, 2.05) is 19.1 Å². The summed E-state index contributed by atoms with van der Waals surface area (Å²) in [6.45, 7) is 5.79. The van der Waals surface area contributed by atoms with Crippen LogP contribution in [0.5, 0.6) is 0 Å². The smallest absolute Gasteiger partial charge is 0.264 e. The summed E-state index contributed by atoms with van der Waals surface area (Å²) in [6, 6.07) is 13.5. The largest absolute Gasteiger partial charge is 0.352 e. The molecule has 0 spiro atoms. The van der Waals surface area contributed by atoms with E-state index >= 15 is 0 Å². The highest BCUT2D eigenvalue weighted by molar-refractivity contribution is 7.92. The third-order valence-corrected chi connectivity index (χ3v) is 7.32. The molecule has 2 aromatic rings. The number of aryl methyl sites for hydroxylation is 1. The standard InChI is InChI=1S/C23H31N3O3S/c1-19-10-12-21(13-11-19)25(2)30(28,29)22-9-6-8-20(18-22)23(27)24-14-7-17-26-15-4-3-5-16-26/h6,8-13,18H,3-5,7,14-17H2,1-2H3,(H,24,27). The van der Waals surface area contributed by atoms with Crippen molar-refractivity contribution in [3.05, 3.63) is 59.7 Å². The van der Waals surface area contributed by atoms with Crippen LogP contribution in [0.15, 0.2) is 53.4 Å². The first-order valence-corrected chi connectivity index (χ1v) is 12.0. The van der Waals surface area contributed by atoms with Gasteiger partial charge in [-0.25, -0.2) is 8.42 Å². The predicted octanol–water partition coefficient (Wildman–Crippen LogP) is 3.43. The lowest BCUT2D eigenvalue weighted by molar-refractivity contribution is 0.0951. The number of carbonyl (C=O) groups excluding carboxylic acids is 1. The van der Waals surface area contributed by atoms with Crippen LogP contribution in [-0.4, -0.2) is 52.5 Å². The minimum Gasteiger partial charge on any atom is -0.352 e. The molecule has 1 saturated heterocycles. The number of rotatable bonds is 8. The van der Waals surface area contributed by atoms with Crippen molar-refractivity contribution >= 4 is 21.6 Å². The summed E-state index contributed by atoms with van der Waals surface area (Å²) in [7, 11) is -2.23. The van der Waals surface area contributed by atoms with E-state index in [1.165, 1.54) is 42.7 Å². The monoisotopic (exact) mass is 429 g/mol. The van der Waals surface area contributed by atoms with Crippen LogP contribution in [0.1, 0.15) is 41.6 Å². The fraction of sp³-hybridized carbons (Fsp3) is 0.435. The molecular formula is C23H31N3O3S. The van der Waals surface area contributed by atoms with Gasteiger partial charge in [-0.3, -0.25) is 9.10 Å². The second-order valence-corrected chi connectivity index (χ2v) is 9.82. The van der Waals surface area contributed by atoms with Gasteiger partial charge >= 0.3 is 0 Å². The zero-order valence-electron chi connectivity index (χ0n) is 17.8. The van der Waals surface area contributed by atoms with E-state index in [1.54, 1.807) is 24.3 Å². The normalized spacial score (nSPS) is 15.0. The van der Waals surface area contributed by atoms with Gasteiger partial charge in [0.15, 0.2) is 0 Å². The minimum atomic E-state index is -3.75. The number of amides is 1. The number of anilines is 1. The second-order valence-electron chi connectivity index (χ2n) is 7.85. The van der Waals surface area contributed by atoms with Crippen LogP contribution < -0.4 is 9.62 Å². The maximum absolute atomic E-state index is 13.0. The highest BCUT2D eigenvalue weighted by Gasteiger charge is 2.22. The number of hydrogen-bond donors (Lipinski definition) is 1. The van der Waals surface area contributed by atoms with Crippen LogP contribution in [-0.2, 0) is 10.0 Å². The van der Waals surface area contributed by atoms with Crippen LogP contribution in [0.25, 0.3) is 0 Å². The predicted molar refractivity (Wildman–Crippen MR) is 120 cm³/mol. The molecule has 0 saturated carbocycles. The molecule has 30 heavy (non-hydrogen) atoms. The molecular weight excluding hydrogens is 398 g/mol. The van der Waals surface area contributed by atoms with Gasteiger partial charge in [0.1, 0.15) is 0 Å². The molecule has 7 heteroatoms. The van der Waals surface area contributed by atoms with E-state index in [0.717, 1.165) is 31.6 Å². The number of nitrogens with one attached hydrogen (secondary N) is 1. The highest BCUT2D eigenvalue weighted by atomic mass is 32.2. The van der Waals surface area contributed by atoms with Gasteiger partial charge in [-0.05, 0) is 76.2 Å². The van der Waals surface area contributed by atoms with Crippen molar-refractivity contribution in [3.8, 4) is 0 Å². The summed E-state index contributed by atoms with van der Waals surface area (Å²) in [5, 5.41) is 2.91. The third-order valence-electron chi connectivity index (χ3n) is 5.54.